The standard InChI is InChI=1S/C16H25N3O2.ClH/c1-12(19-10-6-7-13(11-19)17-2)16(20)18-14-8-4-5-9-15(14)21-3;/h4-5,8-9,12-13,17H,6-7,10-11H2,1-3H3,(H,18,20);1H. The minimum atomic E-state index is -0.147. The smallest absolute Gasteiger partial charge is 0.241 e. The van der Waals surface area contributed by atoms with E-state index in [0.29, 0.717) is 11.8 Å². The van der Waals surface area contributed by atoms with E-state index in [4.69, 9.17) is 4.74 Å². The summed E-state index contributed by atoms with van der Waals surface area (Å²) in [6, 6.07) is 7.81. The van der Waals surface area contributed by atoms with Gasteiger partial charge in [-0.1, -0.05) is 12.1 Å². The van der Waals surface area contributed by atoms with Gasteiger partial charge in [-0.25, -0.2) is 0 Å². The number of nitrogens with one attached hydrogen (secondary N) is 2. The second-order valence-electron chi connectivity index (χ2n) is 5.49. The molecule has 1 heterocycles. The van der Waals surface area contributed by atoms with Gasteiger partial charge < -0.3 is 15.4 Å². The van der Waals surface area contributed by atoms with Crippen molar-refractivity contribution in [3.05, 3.63) is 24.3 Å². The summed E-state index contributed by atoms with van der Waals surface area (Å²) in [6.45, 7) is 3.85. The number of amides is 1. The first-order chi connectivity index (χ1) is 10.2. The van der Waals surface area contributed by atoms with Crippen LogP contribution >= 0.6 is 12.4 Å². The van der Waals surface area contributed by atoms with Crippen LogP contribution in [0.25, 0.3) is 0 Å². The van der Waals surface area contributed by atoms with Crippen LogP contribution in [0.1, 0.15) is 19.8 Å². The Hall–Kier alpha value is -1.30. The van der Waals surface area contributed by atoms with Crippen molar-refractivity contribution in [1.82, 2.24) is 10.2 Å². The second kappa shape index (κ2) is 8.98. The molecule has 0 bridgehead atoms. The molecule has 6 heteroatoms. The molecule has 0 aromatic heterocycles. The van der Waals surface area contributed by atoms with Gasteiger partial charge in [0.15, 0.2) is 0 Å². The fourth-order valence-electron chi connectivity index (χ4n) is 2.74. The third-order valence-electron chi connectivity index (χ3n) is 4.15. The number of halogens is 1. The summed E-state index contributed by atoms with van der Waals surface area (Å²) in [7, 11) is 3.59. The maximum Gasteiger partial charge on any atom is 0.241 e. The lowest BCUT2D eigenvalue weighted by Crippen LogP contribution is -2.51. The van der Waals surface area contributed by atoms with Crippen molar-refractivity contribution >= 4 is 24.0 Å². The summed E-state index contributed by atoms with van der Waals surface area (Å²) in [4.78, 5) is 14.7. The zero-order valence-corrected chi connectivity index (χ0v) is 14.3. The molecule has 2 rings (SSSR count). The van der Waals surface area contributed by atoms with Gasteiger partial charge in [-0.2, -0.15) is 0 Å². The molecule has 0 aliphatic carbocycles. The lowest BCUT2D eigenvalue weighted by molar-refractivity contribution is -0.121. The average Bonchev–Trinajstić information content (AvgIpc) is 2.54. The Morgan fingerprint density at radius 1 is 1.41 bits per heavy atom. The average molecular weight is 328 g/mol. The van der Waals surface area contributed by atoms with E-state index in [-0.39, 0.29) is 24.4 Å². The number of likely N-dealkylation sites (tertiary alicyclic amines) is 1. The van der Waals surface area contributed by atoms with Gasteiger partial charge >= 0.3 is 0 Å². The van der Waals surface area contributed by atoms with Crippen LogP contribution in [0.3, 0.4) is 0 Å². The Bertz CT molecular complexity index is 484. The highest BCUT2D eigenvalue weighted by molar-refractivity contribution is 5.95. The summed E-state index contributed by atoms with van der Waals surface area (Å²) in [5, 5.41) is 6.27. The van der Waals surface area contributed by atoms with E-state index < -0.39 is 0 Å². The van der Waals surface area contributed by atoms with E-state index in [1.54, 1.807) is 7.11 Å². The molecule has 0 spiro atoms. The van der Waals surface area contributed by atoms with Crippen LogP contribution in [-0.4, -0.2) is 50.1 Å². The maximum absolute atomic E-state index is 12.4. The number of hydrogen-bond acceptors (Lipinski definition) is 4. The number of methoxy groups -OCH3 is 1. The topological polar surface area (TPSA) is 53.6 Å². The van der Waals surface area contributed by atoms with Gasteiger partial charge in [0.25, 0.3) is 0 Å². The Labute approximate surface area is 138 Å². The molecule has 0 saturated carbocycles. The number of carbonyl (C=O) groups excluding carboxylic acids is 1. The molecule has 1 aromatic carbocycles. The molecule has 5 nitrogen and oxygen atoms in total. The third kappa shape index (κ3) is 4.60. The van der Waals surface area contributed by atoms with Crippen LogP contribution in [0.5, 0.6) is 5.75 Å². The number of ether oxygens (including phenoxy) is 1. The molecular formula is C16H26ClN3O2. The number of piperidine rings is 1. The Kier molecular flexibility index (Phi) is 7.65. The van der Waals surface area contributed by atoms with Gasteiger partial charge in [0, 0.05) is 12.6 Å². The van der Waals surface area contributed by atoms with Gasteiger partial charge in [-0.3, -0.25) is 9.69 Å². The molecular weight excluding hydrogens is 302 g/mol. The zero-order chi connectivity index (χ0) is 15.2. The number of benzene rings is 1. The highest BCUT2D eigenvalue weighted by atomic mass is 35.5. The van der Waals surface area contributed by atoms with Crippen molar-refractivity contribution in [3.8, 4) is 5.75 Å². The zero-order valence-electron chi connectivity index (χ0n) is 13.5. The molecule has 1 aromatic rings. The largest absolute Gasteiger partial charge is 0.495 e. The molecule has 1 aliphatic heterocycles. The lowest BCUT2D eigenvalue weighted by Gasteiger charge is -2.36. The number of likely N-dealkylation sites (N-methyl/N-ethyl adjacent to an activating group) is 1. The van der Waals surface area contributed by atoms with Crippen molar-refractivity contribution < 1.29 is 9.53 Å². The maximum atomic E-state index is 12.4. The second-order valence-corrected chi connectivity index (χ2v) is 5.49. The molecule has 1 fully saturated rings. The highest BCUT2D eigenvalue weighted by Crippen LogP contribution is 2.23. The Balaban J connectivity index is 0.00000242. The molecule has 2 unspecified atom stereocenters. The van der Waals surface area contributed by atoms with E-state index in [1.807, 2.05) is 38.2 Å². The lowest BCUT2D eigenvalue weighted by atomic mass is 10.0. The normalized spacial score (nSPS) is 19.9. The number of rotatable bonds is 5. The summed E-state index contributed by atoms with van der Waals surface area (Å²) < 4.78 is 5.27. The van der Waals surface area contributed by atoms with Crippen LogP contribution in [-0.2, 0) is 4.79 Å². The van der Waals surface area contributed by atoms with E-state index >= 15 is 0 Å². The van der Waals surface area contributed by atoms with Crippen LogP contribution in [0, 0.1) is 0 Å². The highest BCUT2D eigenvalue weighted by Gasteiger charge is 2.27. The molecule has 0 radical (unpaired) electrons. The summed E-state index contributed by atoms with van der Waals surface area (Å²) in [5.41, 5.74) is 0.721. The van der Waals surface area contributed by atoms with Gasteiger partial charge in [-0.05, 0) is 45.5 Å². The van der Waals surface area contributed by atoms with E-state index in [0.717, 1.165) is 25.2 Å². The number of para-hydroxylation sites is 2. The van der Waals surface area contributed by atoms with Crippen LogP contribution in [0.4, 0.5) is 5.69 Å². The van der Waals surface area contributed by atoms with Crippen LogP contribution in [0.2, 0.25) is 0 Å². The number of carbonyl (C=O) groups is 1. The van der Waals surface area contributed by atoms with E-state index in [9.17, 15) is 4.79 Å². The molecule has 124 valence electrons. The molecule has 22 heavy (non-hydrogen) atoms. The summed E-state index contributed by atoms with van der Waals surface area (Å²) >= 11 is 0. The van der Waals surface area contributed by atoms with Crippen molar-refractivity contribution in [2.45, 2.75) is 31.8 Å². The number of anilines is 1. The molecule has 2 atom stereocenters. The molecule has 1 amide bonds. The van der Waals surface area contributed by atoms with Crippen molar-refractivity contribution in [1.29, 1.82) is 0 Å². The van der Waals surface area contributed by atoms with Gasteiger partial charge in [0.05, 0.1) is 18.8 Å². The molecule has 1 saturated heterocycles. The fourth-order valence-corrected chi connectivity index (χ4v) is 2.74. The minimum absolute atomic E-state index is 0. The van der Waals surface area contributed by atoms with Crippen LogP contribution < -0.4 is 15.4 Å². The molecule has 1 aliphatic rings. The number of hydrogen-bond donors (Lipinski definition) is 2. The quantitative estimate of drug-likeness (QED) is 0.870. The third-order valence-corrected chi connectivity index (χ3v) is 4.15. The monoisotopic (exact) mass is 327 g/mol. The first-order valence-corrected chi connectivity index (χ1v) is 7.51. The van der Waals surface area contributed by atoms with Gasteiger partial charge in [0.2, 0.25) is 5.91 Å². The summed E-state index contributed by atoms with van der Waals surface area (Å²) in [5.74, 6) is 0.695. The predicted molar refractivity (Wildman–Crippen MR) is 92.0 cm³/mol. The van der Waals surface area contributed by atoms with Gasteiger partial charge in [-0.15, -0.1) is 12.4 Å². The van der Waals surface area contributed by atoms with Gasteiger partial charge in [0.1, 0.15) is 5.75 Å². The number of nitrogens with zero attached hydrogens (tertiary/aromatic N) is 1. The summed E-state index contributed by atoms with van der Waals surface area (Å²) in [6.07, 6.45) is 2.30. The predicted octanol–water partition coefficient (Wildman–Crippen LogP) is 2.13. The minimum Gasteiger partial charge on any atom is -0.495 e. The Morgan fingerprint density at radius 3 is 2.82 bits per heavy atom. The van der Waals surface area contributed by atoms with E-state index in [1.165, 1.54) is 6.42 Å². The van der Waals surface area contributed by atoms with Crippen molar-refractivity contribution in [2.24, 2.45) is 0 Å². The SMILES string of the molecule is CNC1CCCN(C(C)C(=O)Nc2ccccc2OC)C1.Cl. The van der Waals surface area contributed by atoms with Crippen molar-refractivity contribution in [3.63, 3.8) is 0 Å². The first-order valence-electron chi connectivity index (χ1n) is 7.51. The molecule has 2 N–H and O–H groups in total. The first kappa shape index (κ1) is 18.7. The van der Waals surface area contributed by atoms with E-state index in [2.05, 4.69) is 15.5 Å². The fraction of sp³-hybridized carbons (Fsp3) is 0.562. The van der Waals surface area contributed by atoms with Crippen LogP contribution in [0.15, 0.2) is 24.3 Å². The Morgan fingerprint density at radius 2 is 2.14 bits per heavy atom. The van der Waals surface area contributed by atoms with Crippen molar-refractivity contribution in [2.75, 3.05) is 32.6 Å².